The maximum absolute atomic E-state index is 12.5. The molecule has 1 fully saturated rings. The van der Waals surface area contributed by atoms with Gasteiger partial charge in [-0.15, -0.1) is 0 Å². The van der Waals surface area contributed by atoms with E-state index in [-0.39, 0.29) is 18.0 Å². The third-order valence-electron chi connectivity index (χ3n) is 6.63. The van der Waals surface area contributed by atoms with Crippen molar-refractivity contribution in [3.63, 3.8) is 0 Å². The zero-order valence-electron chi connectivity index (χ0n) is 20.4. The molecular weight excluding hydrogens is 394 g/mol. The van der Waals surface area contributed by atoms with Gasteiger partial charge in [0.25, 0.3) is 0 Å². The average Bonchev–Trinajstić information content (AvgIpc) is 3.17. The lowest BCUT2D eigenvalue weighted by Gasteiger charge is -2.40. The number of rotatable bonds is 6. The van der Waals surface area contributed by atoms with E-state index in [9.17, 15) is 9.59 Å². The highest BCUT2D eigenvalue weighted by molar-refractivity contribution is 6.88. The van der Waals surface area contributed by atoms with Gasteiger partial charge in [0.1, 0.15) is 11.4 Å². The van der Waals surface area contributed by atoms with Crippen LogP contribution in [-0.4, -0.2) is 43.7 Å². The maximum Gasteiger partial charge on any atom is 0.410 e. The van der Waals surface area contributed by atoms with Gasteiger partial charge in [-0.3, -0.25) is 0 Å². The molecule has 0 N–H and O–H groups in total. The van der Waals surface area contributed by atoms with E-state index in [2.05, 4.69) is 47.2 Å². The lowest BCUT2D eigenvalue weighted by Crippen LogP contribution is -2.43. The van der Waals surface area contributed by atoms with E-state index < -0.39 is 13.7 Å². The highest BCUT2D eigenvalue weighted by atomic mass is 28.3. The fourth-order valence-electron chi connectivity index (χ4n) is 5.20. The Kier molecular flexibility index (Phi) is 7.65. The number of esters is 1. The minimum Gasteiger partial charge on any atom is -0.444 e. The van der Waals surface area contributed by atoms with Crippen molar-refractivity contribution in [1.82, 2.24) is 4.90 Å². The van der Waals surface area contributed by atoms with Gasteiger partial charge < -0.3 is 14.4 Å². The highest BCUT2D eigenvalue weighted by Gasteiger charge is 2.42. The molecule has 5 nitrogen and oxygen atoms in total. The molecule has 0 aromatic rings. The lowest BCUT2D eigenvalue weighted by molar-refractivity contribution is -0.133. The number of carbonyl (C=O) groups is 2. The predicted octanol–water partition coefficient (Wildman–Crippen LogP) is 6.22. The molecule has 0 bridgehead atoms. The molecule has 1 atom stereocenters. The first kappa shape index (κ1) is 24.7. The summed E-state index contributed by atoms with van der Waals surface area (Å²) in [6, 6.07) is 0. The van der Waals surface area contributed by atoms with Crippen LogP contribution >= 0.6 is 0 Å². The van der Waals surface area contributed by atoms with E-state index in [1.54, 1.807) is 4.90 Å². The summed E-state index contributed by atoms with van der Waals surface area (Å²) in [7, 11) is -1.80. The largest absolute Gasteiger partial charge is 0.444 e. The molecule has 30 heavy (non-hydrogen) atoms. The molecule has 1 amide bonds. The van der Waals surface area contributed by atoms with E-state index in [1.165, 1.54) is 0 Å². The van der Waals surface area contributed by atoms with Crippen molar-refractivity contribution in [3.8, 4) is 0 Å². The summed E-state index contributed by atoms with van der Waals surface area (Å²) in [5.74, 6) is 0.772. The van der Waals surface area contributed by atoms with Crippen molar-refractivity contribution in [2.75, 3.05) is 13.1 Å². The van der Waals surface area contributed by atoms with Crippen LogP contribution in [0, 0.1) is 5.92 Å². The second-order valence-electron chi connectivity index (χ2n) is 10.9. The van der Waals surface area contributed by atoms with Crippen LogP contribution in [0.4, 0.5) is 4.79 Å². The fourth-order valence-corrected chi connectivity index (χ4v) is 10.8. The number of hydrogen-bond acceptors (Lipinski definition) is 4. The van der Waals surface area contributed by atoms with Gasteiger partial charge in [0, 0.05) is 18.7 Å². The molecule has 1 unspecified atom stereocenters. The number of ether oxygens (including phenoxy) is 2. The van der Waals surface area contributed by atoms with Gasteiger partial charge in [0.15, 0.2) is 0 Å². The molecule has 170 valence electrons. The van der Waals surface area contributed by atoms with Crippen LogP contribution in [0.5, 0.6) is 0 Å². The van der Waals surface area contributed by atoms with Gasteiger partial charge in [-0.05, 0) is 62.2 Å². The van der Waals surface area contributed by atoms with E-state index in [4.69, 9.17) is 9.47 Å². The molecule has 0 aromatic carbocycles. The van der Waals surface area contributed by atoms with Crippen molar-refractivity contribution in [1.29, 1.82) is 0 Å². The Hall–Kier alpha value is -1.56. The van der Waals surface area contributed by atoms with Crippen LogP contribution < -0.4 is 0 Å². The van der Waals surface area contributed by atoms with E-state index in [1.807, 2.05) is 26.8 Å². The molecule has 1 saturated heterocycles. The van der Waals surface area contributed by atoms with Gasteiger partial charge in [0.05, 0.1) is 8.07 Å². The van der Waals surface area contributed by atoms with Crippen molar-refractivity contribution in [2.45, 2.75) is 97.4 Å². The van der Waals surface area contributed by atoms with Gasteiger partial charge in [-0.25, -0.2) is 9.59 Å². The molecule has 2 rings (SSSR count). The Labute approximate surface area is 183 Å². The quantitative estimate of drug-likeness (QED) is 0.367. The van der Waals surface area contributed by atoms with Crippen molar-refractivity contribution < 1.29 is 19.1 Å². The summed E-state index contributed by atoms with van der Waals surface area (Å²) in [6.45, 7) is 20.7. The number of likely N-dealkylation sites (tertiary alicyclic amines) is 1. The molecule has 0 aromatic heterocycles. The van der Waals surface area contributed by atoms with Crippen LogP contribution in [-0.2, 0) is 14.3 Å². The van der Waals surface area contributed by atoms with E-state index in [0.29, 0.717) is 36.1 Å². The van der Waals surface area contributed by atoms with Gasteiger partial charge in [0.2, 0.25) is 0 Å². The van der Waals surface area contributed by atoms with E-state index in [0.717, 1.165) is 17.8 Å². The van der Waals surface area contributed by atoms with Crippen LogP contribution in [0.25, 0.3) is 0 Å². The summed E-state index contributed by atoms with van der Waals surface area (Å²) >= 11 is 0. The molecule has 2 aliphatic heterocycles. The summed E-state index contributed by atoms with van der Waals surface area (Å²) in [6.07, 6.45) is 3.21. The second kappa shape index (κ2) is 9.29. The summed E-state index contributed by atoms with van der Waals surface area (Å²) in [5.41, 5.74) is 4.26. The second-order valence-corrected chi connectivity index (χ2v) is 16.6. The Bertz CT molecular complexity index is 693. The lowest BCUT2D eigenvalue weighted by atomic mass is 9.99. The van der Waals surface area contributed by atoms with Crippen LogP contribution in [0.1, 0.15) is 75.2 Å². The van der Waals surface area contributed by atoms with Crippen LogP contribution in [0.3, 0.4) is 0 Å². The third-order valence-corrected chi connectivity index (χ3v) is 13.4. The average molecular weight is 436 g/mol. The van der Waals surface area contributed by atoms with Gasteiger partial charge in [-0.2, -0.15) is 0 Å². The van der Waals surface area contributed by atoms with Gasteiger partial charge in [-0.1, -0.05) is 47.2 Å². The van der Waals surface area contributed by atoms with Crippen molar-refractivity contribution in [3.05, 3.63) is 23.1 Å². The fraction of sp³-hybridized carbons (Fsp3) is 0.750. The number of allylic oxidation sites excluding steroid dienone is 1. The molecule has 6 heteroatoms. The minimum atomic E-state index is -1.80. The highest BCUT2D eigenvalue weighted by Crippen LogP contribution is 2.44. The molecule has 0 spiro atoms. The van der Waals surface area contributed by atoms with Crippen molar-refractivity contribution in [2.24, 2.45) is 5.92 Å². The monoisotopic (exact) mass is 435 g/mol. The maximum atomic E-state index is 12.5. The number of cyclic esters (lactones) is 1. The van der Waals surface area contributed by atoms with Crippen LogP contribution in [0.2, 0.25) is 16.6 Å². The molecule has 2 aliphatic rings. The molecule has 0 saturated carbocycles. The zero-order valence-corrected chi connectivity index (χ0v) is 21.4. The Morgan fingerprint density at radius 2 is 1.77 bits per heavy atom. The smallest absolute Gasteiger partial charge is 0.410 e. The number of carbonyl (C=O) groups excluding carboxylic acids is 2. The summed E-state index contributed by atoms with van der Waals surface area (Å²) in [4.78, 5) is 26.6. The SMILES string of the molecule is CC(C)[Si](/C=C1/C=C(CC2CCN(C(=O)OC(C)(C)C)C2)C(=O)O1)(C(C)C)C(C)C. The van der Waals surface area contributed by atoms with Crippen molar-refractivity contribution >= 4 is 20.1 Å². The Morgan fingerprint density at radius 3 is 2.27 bits per heavy atom. The first-order valence-corrected chi connectivity index (χ1v) is 13.7. The first-order chi connectivity index (χ1) is 13.8. The minimum absolute atomic E-state index is 0.226. The topological polar surface area (TPSA) is 55.8 Å². The zero-order chi connectivity index (χ0) is 22.9. The summed E-state index contributed by atoms with van der Waals surface area (Å²) in [5, 5.41) is 0. The standard InChI is InChI=1S/C24H41NO4Si/c1-16(2)30(17(3)4,18(5)6)15-21-13-20(22(26)28-21)12-19-10-11-25(14-19)23(27)29-24(7,8)9/h13,15-19H,10-12,14H2,1-9H3/b21-15-. The molecule has 0 radical (unpaired) electrons. The number of nitrogens with zero attached hydrogens (tertiary/aromatic N) is 1. The first-order valence-electron chi connectivity index (χ1n) is 11.4. The molecule has 0 aliphatic carbocycles. The number of amides is 1. The Morgan fingerprint density at radius 1 is 1.20 bits per heavy atom. The normalized spacial score (nSPS) is 21.8. The molecule has 2 heterocycles. The third kappa shape index (κ3) is 5.57. The predicted molar refractivity (Wildman–Crippen MR) is 124 cm³/mol. The number of hydrogen-bond donors (Lipinski definition) is 0. The van der Waals surface area contributed by atoms with Gasteiger partial charge >= 0.3 is 12.1 Å². The molecular formula is C24H41NO4Si. The Balaban J connectivity index is 2.11. The van der Waals surface area contributed by atoms with Crippen LogP contribution in [0.15, 0.2) is 23.1 Å². The van der Waals surface area contributed by atoms with E-state index >= 15 is 0 Å². The summed E-state index contributed by atoms with van der Waals surface area (Å²) < 4.78 is 11.2.